The van der Waals surface area contributed by atoms with Crippen LogP contribution in [0.15, 0.2) is 84.9 Å². The first-order chi connectivity index (χ1) is 17.7. The smallest absolute Gasteiger partial charge is 0.243 e. The molecule has 0 aliphatic rings. The second-order valence-electron chi connectivity index (χ2n) is 10.1. The fourth-order valence-electron chi connectivity index (χ4n) is 4.02. The van der Waals surface area contributed by atoms with E-state index in [9.17, 15) is 9.59 Å². The molecule has 3 aromatic rings. The second-order valence-corrected chi connectivity index (χ2v) is 10.1. The van der Waals surface area contributed by atoms with Crippen LogP contribution < -0.4 is 14.8 Å². The first kappa shape index (κ1) is 27.8. The van der Waals surface area contributed by atoms with Gasteiger partial charge in [-0.05, 0) is 62.6 Å². The van der Waals surface area contributed by atoms with E-state index < -0.39 is 11.6 Å². The summed E-state index contributed by atoms with van der Waals surface area (Å²) in [6.07, 6.45) is 1.25. The minimum Gasteiger partial charge on any atom is -0.497 e. The topological polar surface area (TPSA) is 67.9 Å². The molecular formula is C31H38N2O4. The Bertz CT molecular complexity index is 1110. The number of methoxy groups -OCH3 is 1. The highest BCUT2D eigenvalue weighted by Gasteiger charge is 2.32. The van der Waals surface area contributed by atoms with Gasteiger partial charge in [0.2, 0.25) is 11.8 Å². The van der Waals surface area contributed by atoms with E-state index in [1.165, 1.54) is 0 Å². The molecule has 1 N–H and O–H groups in total. The number of nitrogens with zero attached hydrogens (tertiary/aromatic N) is 1. The molecule has 6 heteroatoms. The van der Waals surface area contributed by atoms with Gasteiger partial charge in [-0.1, -0.05) is 60.7 Å². The number of nitrogens with one attached hydrogen (secondary N) is 1. The summed E-state index contributed by atoms with van der Waals surface area (Å²) in [4.78, 5) is 28.9. The summed E-state index contributed by atoms with van der Waals surface area (Å²) in [7, 11) is 1.62. The highest BCUT2D eigenvalue weighted by Crippen LogP contribution is 2.19. The zero-order valence-corrected chi connectivity index (χ0v) is 22.3. The molecule has 196 valence electrons. The van der Waals surface area contributed by atoms with Gasteiger partial charge in [-0.15, -0.1) is 0 Å². The van der Waals surface area contributed by atoms with E-state index in [0.29, 0.717) is 26.0 Å². The number of hydrogen-bond donors (Lipinski definition) is 1. The summed E-state index contributed by atoms with van der Waals surface area (Å²) < 4.78 is 11.0. The van der Waals surface area contributed by atoms with Gasteiger partial charge in [0.25, 0.3) is 0 Å². The first-order valence-electron chi connectivity index (χ1n) is 12.7. The Kier molecular flexibility index (Phi) is 10.1. The molecule has 0 radical (unpaired) electrons. The molecule has 37 heavy (non-hydrogen) atoms. The van der Waals surface area contributed by atoms with Crippen LogP contribution in [-0.2, 0) is 22.6 Å². The maximum atomic E-state index is 13.6. The minimum atomic E-state index is -0.642. The fourth-order valence-corrected chi connectivity index (χ4v) is 4.02. The summed E-state index contributed by atoms with van der Waals surface area (Å²) in [5.74, 6) is 1.25. The Balaban J connectivity index is 1.76. The van der Waals surface area contributed by atoms with Crippen LogP contribution >= 0.6 is 0 Å². The largest absolute Gasteiger partial charge is 0.497 e. The Morgan fingerprint density at radius 2 is 1.41 bits per heavy atom. The molecule has 6 nitrogen and oxygen atoms in total. The predicted molar refractivity (Wildman–Crippen MR) is 147 cm³/mol. The maximum absolute atomic E-state index is 13.6. The van der Waals surface area contributed by atoms with Gasteiger partial charge in [-0.2, -0.15) is 0 Å². The van der Waals surface area contributed by atoms with E-state index >= 15 is 0 Å². The molecule has 0 spiro atoms. The van der Waals surface area contributed by atoms with Gasteiger partial charge >= 0.3 is 0 Å². The molecule has 0 saturated carbocycles. The molecule has 0 aliphatic carbocycles. The van der Waals surface area contributed by atoms with Crippen LogP contribution in [0.3, 0.4) is 0 Å². The van der Waals surface area contributed by atoms with Gasteiger partial charge < -0.3 is 19.7 Å². The molecule has 0 bridgehead atoms. The van der Waals surface area contributed by atoms with Crippen molar-refractivity contribution >= 4 is 11.8 Å². The average Bonchev–Trinajstić information content (AvgIpc) is 2.89. The second kappa shape index (κ2) is 13.5. The third-order valence-electron chi connectivity index (χ3n) is 5.83. The van der Waals surface area contributed by atoms with Gasteiger partial charge in [0.05, 0.1) is 13.7 Å². The lowest BCUT2D eigenvalue weighted by atomic mass is 10.00. The summed E-state index contributed by atoms with van der Waals surface area (Å²) >= 11 is 0. The number of hydrogen-bond acceptors (Lipinski definition) is 4. The summed E-state index contributed by atoms with van der Waals surface area (Å²) in [5, 5.41) is 3.09. The summed E-state index contributed by atoms with van der Waals surface area (Å²) in [6, 6.07) is 26.4. The molecular weight excluding hydrogens is 464 g/mol. The van der Waals surface area contributed by atoms with E-state index in [1.54, 1.807) is 12.0 Å². The van der Waals surface area contributed by atoms with Crippen LogP contribution in [-0.4, -0.2) is 42.0 Å². The average molecular weight is 503 g/mol. The minimum absolute atomic E-state index is 0.0767. The van der Waals surface area contributed by atoms with Crippen molar-refractivity contribution in [2.75, 3.05) is 13.7 Å². The molecule has 0 aliphatic heterocycles. The van der Waals surface area contributed by atoms with Gasteiger partial charge in [0.1, 0.15) is 17.5 Å². The Morgan fingerprint density at radius 3 is 1.97 bits per heavy atom. The lowest BCUT2D eigenvalue weighted by Gasteiger charge is -2.34. The molecule has 3 rings (SSSR count). The lowest BCUT2D eigenvalue weighted by Crippen LogP contribution is -2.54. The van der Waals surface area contributed by atoms with Crippen LogP contribution in [0.1, 0.15) is 44.7 Å². The van der Waals surface area contributed by atoms with Crippen LogP contribution in [0.2, 0.25) is 0 Å². The van der Waals surface area contributed by atoms with Crippen LogP contribution in [0.5, 0.6) is 11.5 Å². The number of rotatable bonds is 12. The van der Waals surface area contributed by atoms with E-state index in [0.717, 1.165) is 22.6 Å². The lowest BCUT2D eigenvalue weighted by molar-refractivity contribution is -0.142. The van der Waals surface area contributed by atoms with E-state index in [1.807, 2.05) is 106 Å². The number of amides is 2. The third kappa shape index (κ3) is 9.30. The van der Waals surface area contributed by atoms with Crippen LogP contribution in [0.4, 0.5) is 0 Å². The van der Waals surface area contributed by atoms with Gasteiger partial charge in [0, 0.05) is 24.9 Å². The van der Waals surface area contributed by atoms with Crippen molar-refractivity contribution in [3.8, 4) is 11.5 Å². The normalized spacial score (nSPS) is 11.9. The van der Waals surface area contributed by atoms with Gasteiger partial charge in [-0.25, -0.2) is 0 Å². The molecule has 2 amide bonds. The number of benzene rings is 3. The standard InChI is InChI=1S/C31H38N2O4/c1-31(2,3)32-30(35)28(22-24-12-7-5-8-13-24)33(23-25-14-9-6-10-15-25)29(34)16-11-21-37-27-19-17-26(36-4)18-20-27/h5-10,12-15,17-20,28H,11,16,21-23H2,1-4H3,(H,32,35)/t28-/m1/s1. The molecule has 0 heterocycles. The summed E-state index contributed by atoms with van der Waals surface area (Å²) in [5.41, 5.74) is 1.57. The number of carbonyl (C=O) groups excluding carboxylic acids is 2. The van der Waals surface area contributed by atoms with Crippen molar-refractivity contribution in [2.24, 2.45) is 0 Å². The molecule has 1 atom stereocenters. The van der Waals surface area contributed by atoms with Crippen molar-refractivity contribution < 1.29 is 19.1 Å². The Labute approximate surface area is 220 Å². The maximum Gasteiger partial charge on any atom is 0.243 e. The summed E-state index contributed by atoms with van der Waals surface area (Å²) in [6.45, 7) is 6.60. The molecule has 3 aromatic carbocycles. The van der Waals surface area contributed by atoms with Crippen molar-refractivity contribution in [3.05, 3.63) is 96.1 Å². The Morgan fingerprint density at radius 1 is 0.838 bits per heavy atom. The van der Waals surface area contributed by atoms with E-state index in [2.05, 4.69) is 5.32 Å². The highest BCUT2D eigenvalue weighted by molar-refractivity contribution is 5.88. The number of carbonyl (C=O) groups is 2. The van der Waals surface area contributed by atoms with Gasteiger partial charge in [0.15, 0.2) is 0 Å². The Hall–Kier alpha value is -3.80. The molecule has 0 saturated heterocycles. The van der Waals surface area contributed by atoms with E-state index in [-0.39, 0.29) is 18.2 Å². The first-order valence-corrected chi connectivity index (χ1v) is 12.7. The zero-order valence-electron chi connectivity index (χ0n) is 22.3. The molecule has 0 fully saturated rings. The molecule has 0 unspecified atom stereocenters. The van der Waals surface area contributed by atoms with Crippen molar-refractivity contribution in [1.29, 1.82) is 0 Å². The quantitative estimate of drug-likeness (QED) is 0.336. The predicted octanol–water partition coefficient (Wildman–Crippen LogP) is 5.41. The highest BCUT2D eigenvalue weighted by atomic mass is 16.5. The van der Waals surface area contributed by atoms with E-state index in [4.69, 9.17) is 9.47 Å². The van der Waals surface area contributed by atoms with Crippen molar-refractivity contribution in [2.45, 2.75) is 58.2 Å². The zero-order chi connectivity index (χ0) is 26.7. The van der Waals surface area contributed by atoms with Gasteiger partial charge in [-0.3, -0.25) is 9.59 Å². The fraction of sp³-hybridized carbons (Fsp3) is 0.355. The van der Waals surface area contributed by atoms with Crippen LogP contribution in [0.25, 0.3) is 0 Å². The number of ether oxygens (including phenoxy) is 2. The SMILES string of the molecule is COc1ccc(OCCCC(=O)N(Cc2ccccc2)[C@H](Cc2ccccc2)C(=O)NC(C)(C)C)cc1. The molecule has 0 aromatic heterocycles. The van der Waals surface area contributed by atoms with Crippen LogP contribution in [0, 0.1) is 0 Å². The van der Waals surface area contributed by atoms with Crippen molar-refractivity contribution in [1.82, 2.24) is 10.2 Å². The monoisotopic (exact) mass is 502 g/mol. The third-order valence-corrected chi connectivity index (χ3v) is 5.83. The van der Waals surface area contributed by atoms with Crippen molar-refractivity contribution in [3.63, 3.8) is 0 Å².